The molecule has 0 aromatic rings. The molecule has 0 saturated heterocycles. The zero-order valence-corrected chi connectivity index (χ0v) is 8.58. The monoisotopic (exact) mass is 170 g/mol. The second-order valence-corrected chi connectivity index (χ2v) is 1.75. The molecule has 0 spiro atoms. The molecule has 0 radical (unpaired) electrons. The molecular formula is C5H11N2NaO3. The first-order valence-electron chi connectivity index (χ1n) is 2.96. The van der Waals surface area contributed by atoms with Crippen LogP contribution >= 0.6 is 0 Å². The van der Waals surface area contributed by atoms with Gasteiger partial charge in [-0.3, -0.25) is 0 Å². The van der Waals surface area contributed by atoms with Gasteiger partial charge in [0.05, 0.1) is 12.6 Å². The van der Waals surface area contributed by atoms with Crippen LogP contribution in [0.15, 0.2) is 0 Å². The Bertz CT molecular complexity index is 112. The molecule has 0 aliphatic heterocycles. The zero-order valence-electron chi connectivity index (χ0n) is 6.58. The fourth-order valence-corrected chi connectivity index (χ4v) is 0.362. The summed E-state index contributed by atoms with van der Waals surface area (Å²) in [6.07, 6.45) is -0.729. The van der Waals surface area contributed by atoms with E-state index in [0.29, 0.717) is 13.0 Å². The van der Waals surface area contributed by atoms with Gasteiger partial charge in [0.25, 0.3) is 0 Å². The summed E-state index contributed by atoms with van der Waals surface area (Å²) in [7, 11) is 0. The molecule has 4 N–H and O–H groups in total. The number of hydrogen-bond donors (Lipinski definition) is 2. The molecule has 0 aliphatic carbocycles. The Morgan fingerprint density at radius 3 is 2.55 bits per heavy atom. The number of nitrogens with two attached hydrogens (primary N) is 2. The van der Waals surface area contributed by atoms with E-state index < -0.39 is 12.2 Å². The van der Waals surface area contributed by atoms with Crippen LogP contribution in [-0.2, 0) is 9.53 Å². The van der Waals surface area contributed by atoms with E-state index in [1.54, 1.807) is 0 Å². The Balaban J connectivity index is 0. The van der Waals surface area contributed by atoms with Crippen LogP contribution in [0.3, 0.4) is 0 Å². The Morgan fingerprint density at radius 2 is 2.18 bits per heavy atom. The van der Waals surface area contributed by atoms with E-state index in [0.717, 1.165) is 0 Å². The molecule has 0 bridgehead atoms. The Labute approximate surface area is 87.4 Å². The molecule has 0 fully saturated rings. The molecule has 0 rings (SSSR count). The fraction of sp³-hybridized carbons (Fsp3) is 0.800. The molecule has 60 valence electrons. The van der Waals surface area contributed by atoms with Crippen molar-refractivity contribution < 1.29 is 44.2 Å². The van der Waals surface area contributed by atoms with Gasteiger partial charge in [-0.2, -0.15) is 0 Å². The van der Waals surface area contributed by atoms with E-state index in [-0.39, 0.29) is 36.2 Å². The van der Waals surface area contributed by atoms with Crippen molar-refractivity contribution in [1.82, 2.24) is 0 Å². The maximum absolute atomic E-state index is 9.90. The van der Waals surface area contributed by atoms with Crippen molar-refractivity contribution >= 4 is 5.97 Å². The molecule has 0 heterocycles. The minimum Gasteiger partial charge on any atom is -0.546 e. The first-order valence-corrected chi connectivity index (χ1v) is 2.96. The summed E-state index contributed by atoms with van der Waals surface area (Å²) in [4.78, 5) is 9.90. The maximum atomic E-state index is 9.90. The van der Waals surface area contributed by atoms with Crippen molar-refractivity contribution in [3.8, 4) is 0 Å². The van der Waals surface area contributed by atoms with Crippen LogP contribution < -0.4 is 46.1 Å². The van der Waals surface area contributed by atoms with Crippen molar-refractivity contribution in [2.45, 2.75) is 12.6 Å². The standard InChI is InChI=1S/C5H12N2O3.Na/c6-2-1-3-10-4(7)5(8)9;/h4H,1-3,6-7H2,(H,8,9);/q;+1/p-1/t4-;/m0./s1. The van der Waals surface area contributed by atoms with Gasteiger partial charge in [0.2, 0.25) is 0 Å². The summed E-state index contributed by atoms with van der Waals surface area (Å²) in [6, 6.07) is 0. The Kier molecular flexibility index (Phi) is 10.7. The van der Waals surface area contributed by atoms with Gasteiger partial charge in [-0.15, -0.1) is 0 Å². The van der Waals surface area contributed by atoms with E-state index in [4.69, 9.17) is 11.5 Å². The van der Waals surface area contributed by atoms with Crippen molar-refractivity contribution in [1.29, 1.82) is 0 Å². The smallest absolute Gasteiger partial charge is 0.546 e. The number of rotatable bonds is 5. The van der Waals surface area contributed by atoms with E-state index in [1.807, 2.05) is 0 Å². The van der Waals surface area contributed by atoms with E-state index in [2.05, 4.69) is 4.74 Å². The van der Waals surface area contributed by atoms with Gasteiger partial charge in [0, 0.05) is 0 Å². The van der Waals surface area contributed by atoms with Crippen LogP contribution in [0.4, 0.5) is 0 Å². The number of carbonyl (C=O) groups is 1. The summed E-state index contributed by atoms with van der Waals surface area (Å²) < 4.78 is 4.58. The molecule has 0 aromatic carbocycles. The number of aliphatic carboxylic acids is 1. The number of carbonyl (C=O) groups excluding carboxylic acids is 1. The van der Waals surface area contributed by atoms with Crippen molar-refractivity contribution in [2.75, 3.05) is 13.2 Å². The first kappa shape index (κ1) is 13.9. The molecule has 0 amide bonds. The third-order valence-corrected chi connectivity index (χ3v) is 0.878. The summed E-state index contributed by atoms with van der Waals surface area (Å²) >= 11 is 0. The van der Waals surface area contributed by atoms with Crippen LogP contribution in [0.2, 0.25) is 0 Å². The quantitative estimate of drug-likeness (QED) is 0.243. The average molecular weight is 170 g/mol. The van der Waals surface area contributed by atoms with Gasteiger partial charge >= 0.3 is 29.6 Å². The first-order chi connectivity index (χ1) is 4.68. The molecule has 1 atom stereocenters. The normalized spacial score (nSPS) is 11.8. The fourth-order valence-electron chi connectivity index (χ4n) is 0.362. The predicted octanol–water partition coefficient (Wildman–Crippen LogP) is -5.61. The summed E-state index contributed by atoms with van der Waals surface area (Å²) in [5, 5.41) is 9.90. The van der Waals surface area contributed by atoms with Gasteiger partial charge < -0.3 is 26.1 Å². The van der Waals surface area contributed by atoms with Crippen LogP contribution in [0.5, 0.6) is 0 Å². The molecule has 0 aromatic heterocycles. The van der Waals surface area contributed by atoms with E-state index in [1.165, 1.54) is 0 Å². The number of ether oxygens (including phenoxy) is 1. The van der Waals surface area contributed by atoms with Gasteiger partial charge in [-0.05, 0) is 13.0 Å². The molecule has 11 heavy (non-hydrogen) atoms. The second-order valence-electron chi connectivity index (χ2n) is 1.75. The third-order valence-electron chi connectivity index (χ3n) is 0.878. The molecule has 0 unspecified atom stereocenters. The largest absolute Gasteiger partial charge is 1.00 e. The van der Waals surface area contributed by atoms with Gasteiger partial charge in [-0.25, -0.2) is 0 Å². The maximum Gasteiger partial charge on any atom is 1.00 e. The molecule has 0 aliphatic rings. The van der Waals surface area contributed by atoms with Crippen LogP contribution in [0, 0.1) is 0 Å². The summed E-state index contributed by atoms with van der Waals surface area (Å²) in [5.74, 6) is -1.41. The van der Waals surface area contributed by atoms with Gasteiger partial charge in [0.1, 0.15) is 6.23 Å². The van der Waals surface area contributed by atoms with Crippen LogP contribution in [-0.4, -0.2) is 25.3 Å². The number of hydrogen-bond acceptors (Lipinski definition) is 5. The van der Waals surface area contributed by atoms with Crippen molar-refractivity contribution in [2.24, 2.45) is 11.5 Å². The SMILES string of the molecule is NCCCO[C@H](N)C(=O)[O-].[Na+]. The van der Waals surface area contributed by atoms with Gasteiger partial charge in [0.15, 0.2) is 0 Å². The third kappa shape index (κ3) is 8.25. The minimum absolute atomic E-state index is 0. The molecule has 6 heteroatoms. The second kappa shape index (κ2) is 8.45. The zero-order chi connectivity index (χ0) is 7.98. The summed E-state index contributed by atoms with van der Waals surface area (Å²) in [5.41, 5.74) is 10.0. The van der Waals surface area contributed by atoms with E-state index >= 15 is 0 Å². The Morgan fingerprint density at radius 1 is 1.64 bits per heavy atom. The van der Waals surface area contributed by atoms with Gasteiger partial charge in [-0.1, -0.05) is 0 Å². The number of carboxylic acid groups (broad SMARTS) is 1. The topological polar surface area (TPSA) is 101 Å². The van der Waals surface area contributed by atoms with Crippen molar-refractivity contribution in [3.05, 3.63) is 0 Å². The van der Waals surface area contributed by atoms with Crippen LogP contribution in [0.1, 0.15) is 6.42 Å². The predicted molar refractivity (Wildman–Crippen MR) is 32.6 cm³/mol. The van der Waals surface area contributed by atoms with E-state index in [9.17, 15) is 9.90 Å². The molecular weight excluding hydrogens is 159 g/mol. The minimum atomic E-state index is -1.41. The average Bonchev–Trinajstić information content (AvgIpc) is 1.88. The summed E-state index contributed by atoms with van der Waals surface area (Å²) in [6.45, 7) is 0.714. The van der Waals surface area contributed by atoms with Crippen LogP contribution in [0.25, 0.3) is 0 Å². The number of carboxylic acids is 1. The van der Waals surface area contributed by atoms with Crippen molar-refractivity contribution in [3.63, 3.8) is 0 Å². The molecule has 0 saturated carbocycles. The Hall–Kier alpha value is 0.350. The molecule has 5 nitrogen and oxygen atoms in total.